The van der Waals surface area contributed by atoms with Crippen LogP contribution >= 0.6 is 0 Å². The third-order valence-corrected chi connectivity index (χ3v) is 1.87. The molecule has 6 heteroatoms. The fourth-order valence-electron chi connectivity index (χ4n) is 1.10. The largest absolute Gasteiger partial charge is 0.507 e. The summed E-state index contributed by atoms with van der Waals surface area (Å²) in [6, 6.07) is 3.99. The Morgan fingerprint density at radius 3 is 2.75 bits per heavy atom. The van der Waals surface area contributed by atoms with E-state index in [0.29, 0.717) is 5.75 Å². The van der Waals surface area contributed by atoms with Gasteiger partial charge in [-0.05, 0) is 12.1 Å². The number of carbonyl (C=O) groups is 1. The molecule has 1 aromatic carbocycles. The Labute approximate surface area is 90.8 Å². The van der Waals surface area contributed by atoms with E-state index in [4.69, 9.17) is 4.74 Å². The quantitative estimate of drug-likeness (QED) is 0.823. The molecule has 4 nitrogen and oxygen atoms in total. The first-order valence-corrected chi connectivity index (χ1v) is 4.48. The van der Waals surface area contributed by atoms with Crippen molar-refractivity contribution in [2.24, 2.45) is 0 Å². The fourth-order valence-corrected chi connectivity index (χ4v) is 1.10. The molecular weight excluding hydrogens is 220 g/mol. The SMILES string of the molecule is COc1ccc(C(=O)NCC(F)F)c(O)c1. The average Bonchev–Trinajstić information content (AvgIpc) is 2.25. The number of ether oxygens (including phenoxy) is 1. The second-order valence-electron chi connectivity index (χ2n) is 2.98. The molecule has 0 aliphatic carbocycles. The van der Waals surface area contributed by atoms with Crippen LogP contribution in [0.25, 0.3) is 0 Å². The van der Waals surface area contributed by atoms with Crippen LogP contribution in [0.1, 0.15) is 10.4 Å². The molecule has 1 amide bonds. The molecule has 0 fully saturated rings. The van der Waals surface area contributed by atoms with Crippen molar-refractivity contribution in [3.63, 3.8) is 0 Å². The maximum absolute atomic E-state index is 11.8. The average molecular weight is 231 g/mol. The highest BCUT2D eigenvalue weighted by Crippen LogP contribution is 2.23. The summed E-state index contributed by atoms with van der Waals surface area (Å²) in [5.74, 6) is -0.686. The lowest BCUT2D eigenvalue weighted by Gasteiger charge is -2.07. The van der Waals surface area contributed by atoms with E-state index >= 15 is 0 Å². The Bertz CT molecular complexity index is 382. The summed E-state index contributed by atoms with van der Waals surface area (Å²) in [5, 5.41) is 11.4. The Kier molecular flexibility index (Phi) is 4.04. The van der Waals surface area contributed by atoms with Crippen LogP contribution in [0, 0.1) is 0 Å². The van der Waals surface area contributed by atoms with Gasteiger partial charge in [0.25, 0.3) is 12.3 Å². The van der Waals surface area contributed by atoms with Gasteiger partial charge < -0.3 is 15.2 Å². The number of rotatable bonds is 4. The standard InChI is InChI=1S/C10H11F2NO3/c1-16-6-2-3-7(8(14)4-6)10(15)13-5-9(11)12/h2-4,9,14H,5H2,1H3,(H,13,15). The molecule has 0 radical (unpaired) electrons. The van der Waals surface area contributed by atoms with Gasteiger partial charge in [0.2, 0.25) is 0 Å². The van der Waals surface area contributed by atoms with Gasteiger partial charge in [0.15, 0.2) is 0 Å². The number of methoxy groups -OCH3 is 1. The molecule has 0 atom stereocenters. The van der Waals surface area contributed by atoms with Crippen LogP contribution in [0.4, 0.5) is 8.78 Å². The van der Waals surface area contributed by atoms with E-state index < -0.39 is 18.9 Å². The molecule has 88 valence electrons. The number of alkyl halides is 2. The fraction of sp³-hybridized carbons (Fsp3) is 0.300. The number of phenolic OH excluding ortho intramolecular Hbond substituents is 1. The van der Waals surface area contributed by atoms with E-state index in [1.807, 2.05) is 5.32 Å². The number of amides is 1. The minimum Gasteiger partial charge on any atom is -0.507 e. The van der Waals surface area contributed by atoms with Gasteiger partial charge in [-0.3, -0.25) is 4.79 Å². The van der Waals surface area contributed by atoms with Crippen molar-refractivity contribution in [2.75, 3.05) is 13.7 Å². The molecule has 0 saturated carbocycles. The summed E-state index contributed by atoms with van der Waals surface area (Å²) >= 11 is 0. The van der Waals surface area contributed by atoms with E-state index in [2.05, 4.69) is 0 Å². The number of nitrogens with one attached hydrogen (secondary N) is 1. The Balaban J connectivity index is 2.76. The zero-order valence-electron chi connectivity index (χ0n) is 8.54. The minimum atomic E-state index is -2.62. The zero-order chi connectivity index (χ0) is 12.1. The van der Waals surface area contributed by atoms with Crippen molar-refractivity contribution >= 4 is 5.91 Å². The maximum Gasteiger partial charge on any atom is 0.255 e. The van der Waals surface area contributed by atoms with Gasteiger partial charge in [-0.15, -0.1) is 0 Å². The molecule has 1 aromatic rings. The number of aromatic hydroxyl groups is 1. The van der Waals surface area contributed by atoms with E-state index in [0.717, 1.165) is 0 Å². The lowest BCUT2D eigenvalue weighted by Crippen LogP contribution is -2.28. The first-order chi connectivity index (χ1) is 7.54. The molecular formula is C10H11F2NO3. The van der Waals surface area contributed by atoms with E-state index in [1.165, 1.54) is 25.3 Å². The normalized spacial score (nSPS) is 10.2. The summed E-state index contributed by atoms with van der Waals surface area (Å²) in [4.78, 5) is 11.3. The highest BCUT2D eigenvalue weighted by Gasteiger charge is 2.13. The number of phenols is 1. The van der Waals surface area contributed by atoms with Crippen molar-refractivity contribution in [3.8, 4) is 11.5 Å². The van der Waals surface area contributed by atoms with Crippen molar-refractivity contribution in [3.05, 3.63) is 23.8 Å². The smallest absolute Gasteiger partial charge is 0.255 e. The summed E-state index contributed by atoms with van der Waals surface area (Å²) in [5.41, 5.74) is -0.0681. The number of hydrogen-bond donors (Lipinski definition) is 2. The third-order valence-electron chi connectivity index (χ3n) is 1.87. The molecule has 0 aliphatic rings. The van der Waals surface area contributed by atoms with Crippen LogP contribution in [0.3, 0.4) is 0 Å². The third kappa shape index (κ3) is 3.08. The second kappa shape index (κ2) is 5.29. The van der Waals surface area contributed by atoms with Crippen molar-refractivity contribution < 1.29 is 23.4 Å². The monoisotopic (exact) mass is 231 g/mol. The number of hydrogen-bond acceptors (Lipinski definition) is 3. The van der Waals surface area contributed by atoms with Gasteiger partial charge in [-0.25, -0.2) is 8.78 Å². The van der Waals surface area contributed by atoms with E-state index in [9.17, 15) is 18.7 Å². The lowest BCUT2D eigenvalue weighted by atomic mass is 10.2. The van der Waals surface area contributed by atoms with E-state index in [-0.39, 0.29) is 11.3 Å². The van der Waals surface area contributed by atoms with Gasteiger partial charge >= 0.3 is 0 Å². The molecule has 1 rings (SSSR count). The molecule has 0 heterocycles. The molecule has 0 unspecified atom stereocenters. The van der Waals surface area contributed by atoms with Crippen LogP contribution in [0.5, 0.6) is 11.5 Å². The van der Waals surface area contributed by atoms with E-state index in [1.54, 1.807) is 0 Å². The lowest BCUT2D eigenvalue weighted by molar-refractivity contribution is 0.0889. The van der Waals surface area contributed by atoms with Crippen LogP contribution < -0.4 is 10.1 Å². The van der Waals surface area contributed by atoms with Crippen LogP contribution in [-0.2, 0) is 0 Å². The van der Waals surface area contributed by atoms with Gasteiger partial charge in [0, 0.05) is 6.07 Å². The number of benzene rings is 1. The predicted molar refractivity (Wildman–Crippen MR) is 53.0 cm³/mol. The van der Waals surface area contributed by atoms with Crippen LogP contribution in [-0.4, -0.2) is 31.1 Å². The van der Waals surface area contributed by atoms with Gasteiger partial charge in [0.1, 0.15) is 11.5 Å². The Morgan fingerprint density at radius 1 is 1.56 bits per heavy atom. The summed E-state index contributed by atoms with van der Waals surface area (Å²) in [6.45, 7) is -0.746. The van der Waals surface area contributed by atoms with Crippen molar-refractivity contribution in [1.29, 1.82) is 0 Å². The minimum absolute atomic E-state index is 0.0681. The topological polar surface area (TPSA) is 58.6 Å². The summed E-state index contributed by atoms with van der Waals surface area (Å²) in [7, 11) is 1.41. The van der Waals surface area contributed by atoms with Gasteiger partial charge in [-0.1, -0.05) is 0 Å². The van der Waals surface area contributed by atoms with Crippen LogP contribution in [0.15, 0.2) is 18.2 Å². The first-order valence-electron chi connectivity index (χ1n) is 4.48. The molecule has 0 spiro atoms. The highest BCUT2D eigenvalue weighted by molar-refractivity contribution is 5.96. The molecule has 0 aliphatic heterocycles. The molecule has 2 N–H and O–H groups in total. The second-order valence-corrected chi connectivity index (χ2v) is 2.98. The molecule has 16 heavy (non-hydrogen) atoms. The molecule has 0 bridgehead atoms. The summed E-state index contributed by atoms with van der Waals surface area (Å²) in [6.07, 6.45) is -2.62. The van der Waals surface area contributed by atoms with Crippen LogP contribution in [0.2, 0.25) is 0 Å². The summed E-state index contributed by atoms with van der Waals surface area (Å²) < 4.78 is 28.5. The van der Waals surface area contributed by atoms with Crippen molar-refractivity contribution in [1.82, 2.24) is 5.32 Å². The Morgan fingerprint density at radius 2 is 2.25 bits per heavy atom. The first kappa shape index (κ1) is 12.2. The molecule has 0 saturated heterocycles. The molecule has 0 aromatic heterocycles. The Hall–Kier alpha value is -1.85. The number of carbonyl (C=O) groups excluding carboxylic acids is 1. The maximum atomic E-state index is 11.8. The highest BCUT2D eigenvalue weighted by atomic mass is 19.3. The predicted octanol–water partition coefficient (Wildman–Crippen LogP) is 1.40. The van der Waals surface area contributed by atoms with Gasteiger partial charge in [-0.2, -0.15) is 0 Å². The number of halogens is 2. The van der Waals surface area contributed by atoms with Crippen molar-refractivity contribution in [2.45, 2.75) is 6.43 Å². The zero-order valence-corrected chi connectivity index (χ0v) is 8.54. The van der Waals surface area contributed by atoms with Gasteiger partial charge in [0.05, 0.1) is 19.2 Å².